The fourth-order valence-corrected chi connectivity index (χ4v) is 5.45. The second-order valence-electron chi connectivity index (χ2n) is 7.05. The molecule has 2 aromatic heterocycles. The average Bonchev–Trinajstić information content (AvgIpc) is 3.30. The first-order chi connectivity index (χ1) is 15.5. The van der Waals surface area contributed by atoms with Gasteiger partial charge in [0.05, 0.1) is 26.2 Å². The van der Waals surface area contributed by atoms with Gasteiger partial charge in [0.25, 0.3) is 5.56 Å². The SMILES string of the molecule is COc1cc(/C=c2/sc3nc4ccccc4n3c2=O)cc(I)c1OCc1ccccc1Cl. The number of ether oxygens (including phenoxy) is 2. The van der Waals surface area contributed by atoms with E-state index in [1.807, 2.05) is 66.7 Å². The van der Waals surface area contributed by atoms with Crippen molar-refractivity contribution in [1.82, 2.24) is 9.38 Å². The van der Waals surface area contributed by atoms with Gasteiger partial charge in [-0.25, -0.2) is 9.38 Å². The van der Waals surface area contributed by atoms with Crippen LogP contribution in [0.1, 0.15) is 11.1 Å². The molecule has 0 unspecified atom stereocenters. The first kappa shape index (κ1) is 21.2. The van der Waals surface area contributed by atoms with Crippen LogP contribution in [0.3, 0.4) is 0 Å². The van der Waals surface area contributed by atoms with Crippen LogP contribution in [0.2, 0.25) is 5.02 Å². The van der Waals surface area contributed by atoms with E-state index < -0.39 is 0 Å². The summed E-state index contributed by atoms with van der Waals surface area (Å²) in [5.41, 5.74) is 3.30. The van der Waals surface area contributed by atoms with E-state index in [4.69, 9.17) is 21.1 Å². The summed E-state index contributed by atoms with van der Waals surface area (Å²) in [5, 5.41) is 0.657. The lowest BCUT2D eigenvalue weighted by atomic mass is 10.2. The van der Waals surface area contributed by atoms with Crippen molar-refractivity contribution < 1.29 is 9.47 Å². The number of halogens is 2. The molecule has 0 aliphatic carbocycles. The average molecular weight is 575 g/mol. The second-order valence-corrected chi connectivity index (χ2v) is 9.63. The molecule has 32 heavy (non-hydrogen) atoms. The number of aromatic nitrogens is 2. The number of methoxy groups -OCH3 is 1. The molecule has 8 heteroatoms. The van der Waals surface area contributed by atoms with Crippen LogP contribution in [0, 0.1) is 3.57 Å². The van der Waals surface area contributed by atoms with Crippen LogP contribution >= 0.6 is 45.5 Å². The third kappa shape index (κ3) is 3.85. The van der Waals surface area contributed by atoms with Crippen LogP contribution < -0.4 is 19.6 Å². The van der Waals surface area contributed by atoms with Crippen LogP contribution in [-0.2, 0) is 6.61 Å². The van der Waals surface area contributed by atoms with E-state index >= 15 is 0 Å². The van der Waals surface area contributed by atoms with Crippen molar-refractivity contribution in [2.24, 2.45) is 0 Å². The highest BCUT2D eigenvalue weighted by Gasteiger charge is 2.14. The highest BCUT2D eigenvalue weighted by Crippen LogP contribution is 2.35. The lowest BCUT2D eigenvalue weighted by Crippen LogP contribution is -2.22. The topological polar surface area (TPSA) is 52.8 Å². The minimum atomic E-state index is -0.0771. The van der Waals surface area contributed by atoms with E-state index in [2.05, 4.69) is 27.6 Å². The molecule has 5 rings (SSSR count). The Bertz CT molecular complexity index is 1580. The van der Waals surface area contributed by atoms with E-state index in [-0.39, 0.29) is 5.56 Å². The molecule has 0 bridgehead atoms. The van der Waals surface area contributed by atoms with Crippen molar-refractivity contribution >= 4 is 67.6 Å². The molecule has 0 spiro atoms. The predicted molar refractivity (Wildman–Crippen MR) is 137 cm³/mol. The molecule has 0 saturated heterocycles. The summed E-state index contributed by atoms with van der Waals surface area (Å²) in [6, 6.07) is 19.0. The summed E-state index contributed by atoms with van der Waals surface area (Å²) >= 11 is 9.82. The van der Waals surface area contributed by atoms with Gasteiger partial charge in [-0.15, -0.1) is 0 Å². The highest BCUT2D eigenvalue weighted by molar-refractivity contribution is 14.1. The summed E-state index contributed by atoms with van der Waals surface area (Å²) in [6.07, 6.45) is 1.86. The molecule has 0 aliphatic heterocycles. The van der Waals surface area contributed by atoms with Gasteiger partial charge in [-0.05, 0) is 64.6 Å². The van der Waals surface area contributed by atoms with Crippen molar-refractivity contribution in [3.05, 3.63) is 95.3 Å². The van der Waals surface area contributed by atoms with Gasteiger partial charge in [-0.1, -0.05) is 53.3 Å². The number of nitrogens with zero attached hydrogens (tertiary/aromatic N) is 2. The number of imidazole rings is 1. The van der Waals surface area contributed by atoms with E-state index in [9.17, 15) is 4.79 Å². The Morgan fingerprint density at radius 1 is 1.16 bits per heavy atom. The summed E-state index contributed by atoms with van der Waals surface area (Å²) in [4.78, 5) is 18.3. The van der Waals surface area contributed by atoms with Crippen molar-refractivity contribution in [3.63, 3.8) is 0 Å². The lowest BCUT2D eigenvalue weighted by molar-refractivity contribution is 0.282. The first-order valence-electron chi connectivity index (χ1n) is 9.70. The van der Waals surface area contributed by atoms with Crippen molar-refractivity contribution in [2.75, 3.05) is 7.11 Å². The Kier molecular flexibility index (Phi) is 5.79. The quantitative estimate of drug-likeness (QED) is 0.267. The van der Waals surface area contributed by atoms with Crippen LogP contribution in [0.5, 0.6) is 11.5 Å². The third-order valence-electron chi connectivity index (χ3n) is 5.02. The Labute approximate surface area is 206 Å². The molecule has 0 amide bonds. The smallest absolute Gasteiger partial charge is 0.274 e. The predicted octanol–water partition coefficient (Wildman–Crippen LogP) is 5.30. The zero-order valence-corrected chi connectivity index (χ0v) is 20.6. The van der Waals surface area contributed by atoms with Crippen LogP contribution in [0.25, 0.3) is 22.1 Å². The van der Waals surface area contributed by atoms with Gasteiger partial charge in [0, 0.05) is 10.6 Å². The van der Waals surface area contributed by atoms with Crippen LogP contribution in [0.15, 0.2) is 65.5 Å². The van der Waals surface area contributed by atoms with Gasteiger partial charge in [-0.3, -0.25) is 4.79 Å². The number of fused-ring (bicyclic) bond motifs is 3. The largest absolute Gasteiger partial charge is 0.493 e. The Balaban J connectivity index is 1.53. The maximum absolute atomic E-state index is 13.0. The standard InChI is InChI=1S/C24H16ClIN2O3S/c1-30-20-11-14(10-17(26)22(20)31-13-15-6-2-3-7-16(15)25)12-21-23(29)28-19-9-5-4-8-18(19)27-24(28)32-21/h2-12H,13H2,1H3/b21-12+. The minimum absolute atomic E-state index is 0.0771. The number of hydrogen-bond donors (Lipinski definition) is 0. The van der Waals surface area contributed by atoms with Gasteiger partial charge in [-0.2, -0.15) is 0 Å². The van der Waals surface area contributed by atoms with E-state index in [0.717, 1.165) is 25.7 Å². The second kappa shape index (κ2) is 8.73. The number of rotatable bonds is 5. The highest BCUT2D eigenvalue weighted by atomic mass is 127. The molecule has 0 fully saturated rings. The van der Waals surface area contributed by atoms with Crippen molar-refractivity contribution in [2.45, 2.75) is 6.61 Å². The van der Waals surface area contributed by atoms with E-state index in [1.165, 1.54) is 11.3 Å². The fraction of sp³-hybridized carbons (Fsp3) is 0.0833. The molecule has 0 N–H and O–H groups in total. The summed E-state index contributed by atoms with van der Waals surface area (Å²) in [5.74, 6) is 1.23. The van der Waals surface area contributed by atoms with Gasteiger partial charge in [0.1, 0.15) is 6.61 Å². The molecule has 0 saturated carbocycles. The van der Waals surface area contributed by atoms with Crippen LogP contribution in [-0.4, -0.2) is 16.5 Å². The molecule has 0 radical (unpaired) electrons. The molecule has 5 aromatic rings. The minimum Gasteiger partial charge on any atom is -0.493 e. The van der Waals surface area contributed by atoms with Gasteiger partial charge < -0.3 is 9.47 Å². The zero-order chi connectivity index (χ0) is 22.2. The van der Waals surface area contributed by atoms with E-state index in [1.54, 1.807) is 11.5 Å². The zero-order valence-electron chi connectivity index (χ0n) is 16.8. The molecule has 5 nitrogen and oxygen atoms in total. The normalized spacial score (nSPS) is 12.0. The van der Waals surface area contributed by atoms with Gasteiger partial charge in [0.15, 0.2) is 16.5 Å². The van der Waals surface area contributed by atoms with Gasteiger partial charge in [0.2, 0.25) is 0 Å². The lowest BCUT2D eigenvalue weighted by Gasteiger charge is -2.14. The maximum atomic E-state index is 13.0. The number of hydrogen-bond acceptors (Lipinski definition) is 5. The number of para-hydroxylation sites is 2. The van der Waals surface area contributed by atoms with Crippen LogP contribution in [0.4, 0.5) is 0 Å². The molecule has 160 valence electrons. The Hall–Kier alpha value is -2.62. The molecule has 2 heterocycles. The molecular formula is C24H16ClIN2O3S. The third-order valence-corrected chi connectivity index (χ3v) is 7.16. The maximum Gasteiger partial charge on any atom is 0.274 e. The van der Waals surface area contributed by atoms with Gasteiger partial charge >= 0.3 is 0 Å². The molecule has 0 atom stereocenters. The number of benzene rings is 3. The summed E-state index contributed by atoms with van der Waals surface area (Å²) in [6.45, 7) is 0.328. The monoisotopic (exact) mass is 574 g/mol. The Morgan fingerprint density at radius 3 is 2.75 bits per heavy atom. The number of thiazole rings is 1. The molecule has 3 aromatic carbocycles. The summed E-state index contributed by atoms with van der Waals surface area (Å²) < 4.78 is 14.8. The molecule has 0 aliphatic rings. The van der Waals surface area contributed by atoms with Crippen molar-refractivity contribution in [1.29, 1.82) is 0 Å². The molecular weight excluding hydrogens is 559 g/mol. The Morgan fingerprint density at radius 2 is 1.94 bits per heavy atom. The summed E-state index contributed by atoms with van der Waals surface area (Å²) in [7, 11) is 1.60. The van der Waals surface area contributed by atoms with E-state index in [0.29, 0.717) is 32.6 Å². The van der Waals surface area contributed by atoms with Crippen molar-refractivity contribution in [3.8, 4) is 11.5 Å². The first-order valence-corrected chi connectivity index (χ1v) is 12.0. The fourth-order valence-electron chi connectivity index (χ4n) is 3.49.